The molecule has 0 aliphatic carbocycles. The molecule has 1 fully saturated rings. The van der Waals surface area contributed by atoms with Gasteiger partial charge in [-0.2, -0.15) is 0 Å². The van der Waals surface area contributed by atoms with Crippen LogP contribution in [0, 0.1) is 5.41 Å². The molecule has 0 amide bonds. The molecule has 0 bridgehead atoms. The van der Waals surface area contributed by atoms with Crippen molar-refractivity contribution in [3.05, 3.63) is 29.3 Å². The molecule has 0 saturated carbocycles. The number of aliphatic hydroxyl groups excluding tert-OH is 1. The lowest BCUT2D eigenvalue weighted by Crippen LogP contribution is -2.47. The van der Waals surface area contributed by atoms with Gasteiger partial charge in [-0.25, -0.2) is 0 Å². The predicted molar refractivity (Wildman–Crippen MR) is 80.7 cm³/mol. The second-order valence-electron chi connectivity index (χ2n) is 5.39. The van der Waals surface area contributed by atoms with Crippen LogP contribution in [0.25, 0.3) is 0 Å². The molecular weight excluding hydrogens is 270 g/mol. The Hall–Kier alpha value is -1.63. The van der Waals surface area contributed by atoms with E-state index >= 15 is 0 Å². The number of hydrogen-bond acceptors (Lipinski definition) is 5. The van der Waals surface area contributed by atoms with E-state index in [-0.39, 0.29) is 24.7 Å². The van der Waals surface area contributed by atoms with E-state index < -0.39 is 0 Å². The second-order valence-corrected chi connectivity index (χ2v) is 5.39. The fourth-order valence-electron chi connectivity index (χ4n) is 2.69. The summed E-state index contributed by atoms with van der Waals surface area (Å²) >= 11 is 0. The molecule has 0 aromatic heterocycles. The molecule has 2 rings (SSSR count). The van der Waals surface area contributed by atoms with Crippen LogP contribution < -0.4 is 10.5 Å². The lowest BCUT2D eigenvalue weighted by Gasteiger charge is -2.36. The fraction of sp³-hybridized carbons (Fsp3) is 0.533. The van der Waals surface area contributed by atoms with Gasteiger partial charge in [0.15, 0.2) is 0 Å². The number of morpholine rings is 1. The number of methoxy groups -OCH3 is 1. The predicted octanol–water partition coefficient (Wildman–Crippen LogP) is 0.561. The zero-order valence-electron chi connectivity index (χ0n) is 12.5. The van der Waals surface area contributed by atoms with Crippen molar-refractivity contribution in [2.75, 3.05) is 26.8 Å². The highest BCUT2D eigenvalue weighted by atomic mass is 16.5. The van der Waals surface area contributed by atoms with Gasteiger partial charge in [0.05, 0.1) is 31.5 Å². The molecule has 1 aromatic carbocycles. The summed E-state index contributed by atoms with van der Waals surface area (Å²) in [6.07, 6.45) is -0.0265. The number of ether oxygens (including phenoxy) is 2. The Labute approximate surface area is 125 Å². The van der Waals surface area contributed by atoms with Crippen LogP contribution in [0.2, 0.25) is 0 Å². The summed E-state index contributed by atoms with van der Waals surface area (Å²) in [7, 11) is 1.57. The van der Waals surface area contributed by atoms with E-state index in [4.69, 9.17) is 20.6 Å². The van der Waals surface area contributed by atoms with E-state index in [1.807, 2.05) is 25.1 Å². The van der Waals surface area contributed by atoms with Crippen LogP contribution in [-0.4, -0.2) is 54.9 Å². The average Bonchev–Trinajstić information content (AvgIpc) is 2.46. The Morgan fingerprint density at radius 2 is 2.29 bits per heavy atom. The normalized spacial score (nSPS) is 23.0. The molecule has 21 heavy (non-hydrogen) atoms. The van der Waals surface area contributed by atoms with Gasteiger partial charge in [0.2, 0.25) is 0 Å². The van der Waals surface area contributed by atoms with E-state index in [0.29, 0.717) is 17.9 Å². The van der Waals surface area contributed by atoms with Gasteiger partial charge in [-0.1, -0.05) is 6.07 Å². The minimum absolute atomic E-state index is 0.00117. The smallest absolute Gasteiger partial charge is 0.130 e. The maximum Gasteiger partial charge on any atom is 0.130 e. The van der Waals surface area contributed by atoms with Gasteiger partial charge in [0, 0.05) is 19.6 Å². The highest BCUT2D eigenvalue weighted by molar-refractivity contribution is 5.97. The first-order chi connectivity index (χ1) is 10.0. The van der Waals surface area contributed by atoms with Crippen molar-refractivity contribution in [2.24, 2.45) is 5.73 Å². The molecule has 1 heterocycles. The minimum Gasteiger partial charge on any atom is -0.496 e. The third-order valence-corrected chi connectivity index (χ3v) is 3.57. The van der Waals surface area contributed by atoms with Crippen LogP contribution in [-0.2, 0) is 11.3 Å². The fourth-order valence-corrected chi connectivity index (χ4v) is 2.69. The van der Waals surface area contributed by atoms with Crippen LogP contribution in [0.3, 0.4) is 0 Å². The van der Waals surface area contributed by atoms with Gasteiger partial charge in [-0.3, -0.25) is 10.3 Å². The lowest BCUT2D eigenvalue weighted by atomic mass is 10.1. The van der Waals surface area contributed by atoms with Crippen LogP contribution in [0.5, 0.6) is 5.75 Å². The molecule has 0 spiro atoms. The molecule has 4 N–H and O–H groups in total. The van der Waals surface area contributed by atoms with Crippen molar-refractivity contribution < 1.29 is 14.6 Å². The zero-order chi connectivity index (χ0) is 15.4. The molecule has 1 saturated heterocycles. The van der Waals surface area contributed by atoms with E-state index in [0.717, 1.165) is 18.7 Å². The highest BCUT2D eigenvalue weighted by Gasteiger charge is 2.24. The monoisotopic (exact) mass is 293 g/mol. The highest BCUT2D eigenvalue weighted by Crippen LogP contribution is 2.22. The van der Waals surface area contributed by atoms with Gasteiger partial charge in [0.25, 0.3) is 0 Å². The standard InChI is InChI=1S/C15H23N3O3/c1-10-6-18(8-12(9-19)21-10)7-11-3-4-13(15(16)17)14(5-11)20-2/h3-5,10,12,19H,6-9H2,1-2H3,(H3,16,17). The number of nitrogens with zero attached hydrogens (tertiary/aromatic N) is 1. The van der Waals surface area contributed by atoms with Gasteiger partial charge in [-0.05, 0) is 24.6 Å². The number of hydrogen-bond donors (Lipinski definition) is 3. The molecule has 2 atom stereocenters. The zero-order valence-corrected chi connectivity index (χ0v) is 12.5. The molecule has 6 nitrogen and oxygen atoms in total. The molecule has 6 heteroatoms. The van der Waals surface area contributed by atoms with E-state index in [1.54, 1.807) is 7.11 Å². The second kappa shape index (κ2) is 6.89. The SMILES string of the molecule is COc1cc(CN2CC(C)OC(CO)C2)ccc1C(=N)N. The van der Waals surface area contributed by atoms with Crippen molar-refractivity contribution in [1.29, 1.82) is 5.41 Å². The van der Waals surface area contributed by atoms with Crippen LogP contribution in [0.4, 0.5) is 0 Å². The van der Waals surface area contributed by atoms with Crippen molar-refractivity contribution in [2.45, 2.75) is 25.7 Å². The van der Waals surface area contributed by atoms with Crippen LogP contribution in [0.15, 0.2) is 18.2 Å². The molecule has 2 unspecified atom stereocenters. The van der Waals surface area contributed by atoms with Crippen molar-refractivity contribution in [3.8, 4) is 5.75 Å². The third-order valence-electron chi connectivity index (χ3n) is 3.57. The number of benzene rings is 1. The summed E-state index contributed by atoms with van der Waals surface area (Å²) in [5.74, 6) is 0.610. The molecular formula is C15H23N3O3. The molecule has 116 valence electrons. The van der Waals surface area contributed by atoms with Crippen molar-refractivity contribution in [1.82, 2.24) is 4.90 Å². The average molecular weight is 293 g/mol. The maximum atomic E-state index is 9.26. The number of rotatable bonds is 5. The quantitative estimate of drug-likeness (QED) is 0.545. The summed E-state index contributed by atoms with van der Waals surface area (Å²) in [6.45, 7) is 4.32. The molecule has 1 aliphatic heterocycles. The van der Waals surface area contributed by atoms with Gasteiger partial charge in [-0.15, -0.1) is 0 Å². The first-order valence-corrected chi connectivity index (χ1v) is 7.03. The largest absolute Gasteiger partial charge is 0.496 e. The number of nitrogen functional groups attached to an aromatic ring is 1. The third kappa shape index (κ3) is 3.93. The van der Waals surface area contributed by atoms with E-state index in [2.05, 4.69) is 4.90 Å². The number of nitrogens with two attached hydrogens (primary N) is 1. The van der Waals surface area contributed by atoms with Gasteiger partial charge < -0.3 is 20.3 Å². The Balaban J connectivity index is 2.10. The Kier molecular flexibility index (Phi) is 5.17. The van der Waals surface area contributed by atoms with Gasteiger partial charge in [0.1, 0.15) is 11.6 Å². The Morgan fingerprint density at radius 3 is 2.90 bits per heavy atom. The lowest BCUT2D eigenvalue weighted by molar-refractivity contribution is -0.0972. The summed E-state index contributed by atoms with van der Waals surface area (Å²) in [5.41, 5.74) is 7.21. The Morgan fingerprint density at radius 1 is 1.52 bits per heavy atom. The molecule has 1 aromatic rings. The van der Waals surface area contributed by atoms with Crippen molar-refractivity contribution >= 4 is 5.84 Å². The molecule has 0 radical (unpaired) electrons. The maximum absolute atomic E-state index is 9.26. The van der Waals surface area contributed by atoms with E-state index in [9.17, 15) is 5.11 Å². The van der Waals surface area contributed by atoms with Crippen LogP contribution in [0.1, 0.15) is 18.1 Å². The minimum atomic E-state index is -0.132. The summed E-state index contributed by atoms with van der Waals surface area (Å²) < 4.78 is 10.9. The topological polar surface area (TPSA) is 91.8 Å². The summed E-state index contributed by atoms with van der Waals surface area (Å²) in [6, 6.07) is 5.67. The van der Waals surface area contributed by atoms with Gasteiger partial charge >= 0.3 is 0 Å². The molecule has 1 aliphatic rings. The summed E-state index contributed by atoms with van der Waals surface area (Å²) in [5, 5.41) is 16.8. The van der Waals surface area contributed by atoms with Crippen LogP contribution >= 0.6 is 0 Å². The van der Waals surface area contributed by atoms with Crippen molar-refractivity contribution in [3.63, 3.8) is 0 Å². The summed E-state index contributed by atoms with van der Waals surface area (Å²) in [4.78, 5) is 2.25. The number of amidine groups is 1. The number of nitrogens with one attached hydrogen (secondary N) is 1. The van der Waals surface area contributed by atoms with E-state index in [1.165, 1.54) is 0 Å². The first kappa shape index (κ1) is 15.8. The first-order valence-electron chi connectivity index (χ1n) is 7.03. The number of aliphatic hydroxyl groups is 1. The Bertz CT molecular complexity index is 507.